The summed E-state index contributed by atoms with van der Waals surface area (Å²) in [6.45, 7) is 10.1. The molecule has 1 N–H and O–H groups in total. The number of carbonyl (C=O) groups excluding carboxylic acids is 3. The van der Waals surface area contributed by atoms with Crippen molar-refractivity contribution in [3.05, 3.63) is 12.7 Å². The number of thioether (sulfide) groups is 1. The van der Waals surface area contributed by atoms with Crippen LogP contribution >= 0.6 is 11.8 Å². The Bertz CT molecular complexity index is 813. The van der Waals surface area contributed by atoms with Crippen molar-refractivity contribution in [2.24, 2.45) is 17.8 Å². The molecule has 190 valence electrons. The molecule has 0 aromatic carbocycles. The highest BCUT2D eigenvalue weighted by Gasteiger charge is 2.75. The summed E-state index contributed by atoms with van der Waals surface area (Å²) in [5.74, 6) is -1.66. The molecule has 4 rings (SSSR count). The number of hydrogen-bond acceptors (Lipinski definition) is 6. The van der Waals surface area contributed by atoms with Crippen LogP contribution in [0.4, 0.5) is 0 Å². The van der Waals surface area contributed by atoms with Crippen LogP contribution in [0.5, 0.6) is 0 Å². The molecule has 0 aromatic heterocycles. The first kappa shape index (κ1) is 25.5. The minimum absolute atomic E-state index is 0.000360. The molecule has 1 saturated carbocycles. The maximum absolute atomic E-state index is 14.4. The van der Waals surface area contributed by atoms with Gasteiger partial charge >= 0.3 is 5.97 Å². The standard InChI is InChI=1S/C26H40N2O5S/c1-5-14-27(17-10-8-7-9-11-17)24(31)22-26-13-12-19(34-26)20(25(32)33-6-2)21(26)23(30)28(22)18(15-29)16(3)4/h5,16-22,29H,1,6-15H2,2-4H3/t18-,19-,20+,21-,22?,26?/m0/s1. The molecule has 0 aromatic rings. The number of likely N-dealkylation sites (tertiary alicyclic amines) is 1. The van der Waals surface area contributed by atoms with Crippen LogP contribution in [0.1, 0.15) is 65.7 Å². The summed E-state index contributed by atoms with van der Waals surface area (Å²) >= 11 is 1.66. The lowest BCUT2D eigenvalue weighted by Gasteiger charge is -2.43. The second-order valence-electron chi connectivity index (χ2n) is 10.6. The smallest absolute Gasteiger partial charge is 0.310 e. The molecule has 2 bridgehead atoms. The molecule has 3 heterocycles. The minimum Gasteiger partial charge on any atom is -0.466 e. The van der Waals surface area contributed by atoms with Gasteiger partial charge in [0.2, 0.25) is 11.8 Å². The second-order valence-corrected chi connectivity index (χ2v) is 12.2. The van der Waals surface area contributed by atoms with Crippen LogP contribution in [-0.4, -0.2) is 80.6 Å². The molecule has 2 unspecified atom stereocenters. The Labute approximate surface area is 207 Å². The molecule has 7 nitrogen and oxygen atoms in total. The number of hydrogen-bond donors (Lipinski definition) is 1. The summed E-state index contributed by atoms with van der Waals surface area (Å²) in [4.78, 5) is 45.1. The third-order valence-electron chi connectivity index (χ3n) is 8.47. The van der Waals surface area contributed by atoms with Crippen molar-refractivity contribution in [1.29, 1.82) is 0 Å². The van der Waals surface area contributed by atoms with Crippen LogP contribution in [0.15, 0.2) is 12.7 Å². The van der Waals surface area contributed by atoms with Gasteiger partial charge in [-0.15, -0.1) is 18.3 Å². The topological polar surface area (TPSA) is 87.2 Å². The molecule has 34 heavy (non-hydrogen) atoms. The maximum Gasteiger partial charge on any atom is 0.310 e. The first-order chi connectivity index (χ1) is 16.3. The zero-order chi connectivity index (χ0) is 24.6. The lowest BCUT2D eigenvalue weighted by atomic mass is 9.71. The van der Waals surface area contributed by atoms with E-state index in [9.17, 15) is 19.5 Å². The van der Waals surface area contributed by atoms with Gasteiger partial charge in [0.15, 0.2) is 0 Å². The third kappa shape index (κ3) is 3.98. The van der Waals surface area contributed by atoms with E-state index in [0.717, 1.165) is 38.5 Å². The van der Waals surface area contributed by atoms with Gasteiger partial charge in [-0.2, -0.15) is 0 Å². The van der Waals surface area contributed by atoms with E-state index in [0.29, 0.717) is 6.54 Å². The zero-order valence-corrected chi connectivity index (χ0v) is 21.6. The second kappa shape index (κ2) is 10.2. The predicted octanol–water partition coefficient (Wildman–Crippen LogP) is 3.00. The van der Waals surface area contributed by atoms with E-state index in [4.69, 9.17) is 4.74 Å². The third-order valence-corrected chi connectivity index (χ3v) is 10.4. The van der Waals surface area contributed by atoms with Gasteiger partial charge in [0.25, 0.3) is 0 Å². The van der Waals surface area contributed by atoms with Crippen molar-refractivity contribution in [3.63, 3.8) is 0 Å². The van der Waals surface area contributed by atoms with Gasteiger partial charge < -0.3 is 19.6 Å². The van der Waals surface area contributed by atoms with Crippen LogP contribution in [-0.2, 0) is 19.1 Å². The van der Waals surface area contributed by atoms with Crippen LogP contribution < -0.4 is 0 Å². The fraction of sp³-hybridized carbons (Fsp3) is 0.808. The van der Waals surface area contributed by atoms with Crippen LogP contribution in [0.3, 0.4) is 0 Å². The van der Waals surface area contributed by atoms with Gasteiger partial charge in [0.05, 0.1) is 35.8 Å². The molecule has 3 aliphatic heterocycles. The van der Waals surface area contributed by atoms with Gasteiger partial charge in [0, 0.05) is 17.8 Å². The first-order valence-corrected chi connectivity index (χ1v) is 13.9. The van der Waals surface area contributed by atoms with Gasteiger partial charge in [-0.3, -0.25) is 14.4 Å². The van der Waals surface area contributed by atoms with Crippen molar-refractivity contribution >= 4 is 29.5 Å². The molecule has 0 radical (unpaired) electrons. The largest absolute Gasteiger partial charge is 0.466 e. The monoisotopic (exact) mass is 492 g/mol. The number of ether oxygens (including phenoxy) is 1. The van der Waals surface area contributed by atoms with E-state index in [1.54, 1.807) is 29.7 Å². The summed E-state index contributed by atoms with van der Waals surface area (Å²) in [5, 5.41) is 10.3. The summed E-state index contributed by atoms with van der Waals surface area (Å²) in [7, 11) is 0. The van der Waals surface area contributed by atoms with Crippen molar-refractivity contribution < 1.29 is 24.2 Å². The molecule has 6 atom stereocenters. The Morgan fingerprint density at radius 1 is 1.29 bits per heavy atom. The lowest BCUT2D eigenvalue weighted by Crippen LogP contribution is -2.60. The summed E-state index contributed by atoms with van der Waals surface area (Å²) in [6.07, 6.45) is 8.60. The number of rotatable bonds is 9. The van der Waals surface area contributed by atoms with Gasteiger partial charge in [0.1, 0.15) is 6.04 Å². The first-order valence-electron chi connectivity index (χ1n) is 13.0. The average molecular weight is 493 g/mol. The van der Waals surface area contributed by atoms with Gasteiger partial charge in [-0.25, -0.2) is 0 Å². The number of esters is 1. The van der Waals surface area contributed by atoms with Crippen LogP contribution in [0, 0.1) is 17.8 Å². The Kier molecular flexibility index (Phi) is 7.67. The van der Waals surface area contributed by atoms with E-state index >= 15 is 0 Å². The Hall–Kier alpha value is -1.54. The fourth-order valence-electron chi connectivity index (χ4n) is 6.96. The lowest BCUT2D eigenvalue weighted by molar-refractivity contribution is -0.154. The maximum atomic E-state index is 14.4. The van der Waals surface area contributed by atoms with E-state index in [1.807, 2.05) is 18.7 Å². The molecule has 8 heteroatoms. The highest BCUT2D eigenvalue weighted by Crippen LogP contribution is 2.67. The number of aliphatic hydroxyl groups is 1. The molecule has 4 aliphatic rings. The van der Waals surface area contributed by atoms with Crippen molar-refractivity contribution in [2.75, 3.05) is 19.8 Å². The summed E-state index contributed by atoms with van der Waals surface area (Å²) < 4.78 is 4.75. The SMILES string of the molecule is C=CCN(C(=O)C1N([C@@H](CO)C(C)C)C(=O)[C@@H]2[C@H](C(=O)OCC)[C@@H]3CCC12S3)C1CCCCC1. The summed E-state index contributed by atoms with van der Waals surface area (Å²) in [6, 6.07) is -1.01. The minimum atomic E-state index is -0.680. The van der Waals surface area contributed by atoms with Crippen LogP contribution in [0.2, 0.25) is 0 Å². The number of aliphatic hydroxyl groups excluding tert-OH is 1. The normalized spacial score (nSPS) is 33.8. The van der Waals surface area contributed by atoms with E-state index in [2.05, 4.69) is 6.58 Å². The quantitative estimate of drug-likeness (QED) is 0.393. The number of nitrogens with zero attached hydrogens (tertiary/aromatic N) is 2. The molecule has 2 amide bonds. The average Bonchev–Trinajstić information content (AvgIpc) is 3.46. The Balaban J connectivity index is 1.77. The van der Waals surface area contributed by atoms with Gasteiger partial charge in [-0.1, -0.05) is 39.2 Å². The highest BCUT2D eigenvalue weighted by atomic mass is 32.2. The van der Waals surface area contributed by atoms with Crippen molar-refractivity contribution in [2.45, 2.75) is 93.8 Å². The Morgan fingerprint density at radius 2 is 2.00 bits per heavy atom. The van der Waals surface area contributed by atoms with Gasteiger partial charge in [-0.05, 0) is 38.5 Å². The molecular formula is C26H40N2O5S. The number of carbonyl (C=O) groups is 3. The number of amides is 2. The number of fused-ring (bicyclic) bond motifs is 1. The molecule has 3 saturated heterocycles. The van der Waals surface area contributed by atoms with Crippen molar-refractivity contribution in [1.82, 2.24) is 9.80 Å². The predicted molar refractivity (Wildman–Crippen MR) is 132 cm³/mol. The molecule has 1 spiro atoms. The van der Waals surface area contributed by atoms with Crippen molar-refractivity contribution in [3.8, 4) is 0 Å². The fourth-order valence-corrected chi connectivity index (χ4v) is 9.15. The molecule has 4 fully saturated rings. The highest BCUT2D eigenvalue weighted by molar-refractivity contribution is 8.02. The Morgan fingerprint density at radius 3 is 2.59 bits per heavy atom. The zero-order valence-electron chi connectivity index (χ0n) is 20.8. The van der Waals surface area contributed by atoms with E-state index in [-0.39, 0.29) is 48.2 Å². The van der Waals surface area contributed by atoms with Crippen LogP contribution in [0.25, 0.3) is 0 Å². The molecular weight excluding hydrogens is 452 g/mol. The molecule has 1 aliphatic carbocycles. The summed E-state index contributed by atoms with van der Waals surface area (Å²) in [5.41, 5.74) is 0. The van der Waals surface area contributed by atoms with E-state index in [1.165, 1.54) is 6.42 Å². The van der Waals surface area contributed by atoms with E-state index < -0.39 is 28.7 Å².